The number of hydrogen-bond donors (Lipinski definition) is 1. The molecule has 9 heteroatoms. The Hall–Kier alpha value is -1.44. The highest BCUT2D eigenvalue weighted by Gasteiger charge is 2.27. The number of aliphatic carboxylic acids is 1. The van der Waals surface area contributed by atoms with Gasteiger partial charge in [-0.1, -0.05) is 23.2 Å². The molecule has 1 aromatic carbocycles. The summed E-state index contributed by atoms with van der Waals surface area (Å²) in [7, 11) is 0. The summed E-state index contributed by atoms with van der Waals surface area (Å²) in [6.07, 6.45) is -2.51. The van der Waals surface area contributed by atoms with Gasteiger partial charge >= 0.3 is 12.1 Å². The lowest BCUT2D eigenvalue weighted by Gasteiger charge is -2.13. The van der Waals surface area contributed by atoms with E-state index in [1.54, 1.807) is 0 Å². The van der Waals surface area contributed by atoms with Crippen LogP contribution in [0.15, 0.2) is 18.2 Å². The van der Waals surface area contributed by atoms with Gasteiger partial charge in [-0.3, -0.25) is 0 Å². The Morgan fingerprint density at radius 2 is 2.00 bits per heavy atom. The van der Waals surface area contributed by atoms with Gasteiger partial charge in [-0.2, -0.15) is 13.2 Å². The third-order valence-corrected chi connectivity index (χ3v) is 2.49. The van der Waals surface area contributed by atoms with Crippen molar-refractivity contribution in [3.8, 4) is 5.75 Å². The molecule has 0 spiro atoms. The van der Waals surface area contributed by atoms with Gasteiger partial charge in [0.1, 0.15) is 12.4 Å². The predicted molar refractivity (Wildman–Crippen MR) is 70.6 cm³/mol. The van der Waals surface area contributed by atoms with Crippen LogP contribution in [0.2, 0.25) is 10.0 Å². The Labute approximate surface area is 127 Å². The van der Waals surface area contributed by atoms with Crippen molar-refractivity contribution in [1.29, 1.82) is 0 Å². The molecule has 0 amide bonds. The lowest BCUT2D eigenvalue weighted by atomic mass is 10.2. The molecule has 4 nitrogen and oxygen atoms in total. The summed E-state index contributed by atoms with van der Waals surface area (Å²) in [4.78, 5) is 10.5. The van der Waals surface area contributed by atoms with E-state index in [0.717, 1.165) is 12.2 Å². The monoisotopic (exact) mass is 344 g/mol. The van der Waals surface area contributed by atoms with E-state index in [0.29, 0.717) is 0 Å². The number of halogens is 5. The number of carboxylic acids is 1. The molecule has 0 bridgehead atoms. The molecular formula is C12H9Cl2F3O4. The maximum atomic E-state index is 11.9. The van der Waals surface area contributed by atoms with E-state index in [9.17, 15) is 18.0 Å². The summed E-state index contributed by atoms with van der Waals surface area (Å²) >= 11 is 11.6. The van der Waals surface area contributed by atoms with Crippen molar-refractivity contribution >= 4 is 35.2 Å². The fourth-order valence-electron chi connectivity index (χ4n) is 1.28. The maximum Gasteiger partial charge on any atom is 0.411 e. The van der Waals surface area contributed by atoms with Crippen molar-refractivity contribution in [2.24, 2.45) is 0 Å². The quantitative estimate of drug-likeness (QED) is 0.481. The molecular weight excluding hydrogens is 336 g/mol. The van der Waals surface area contributed by atoms with Crippen LogP contribution in [0.4, 0.5) is 13.2 Å². The molecule has 21 heavy (non-hydrogen) atoms. The average Bonchev–Trinajstić information content (AvgIpc) is 2.32. The molecule has 0 aromatic heterocycles. The molecule has 0 aliphatic rings. The first kappa shape index (κ1) is 17.6. The number of alkyl halides is 3. The minimum Gasteiger partial charge on any atom is -0.478 e. The third-order valence-electron chi connectivity index (χ3n) is 1.99. The van der Waals surface area contributed by atoms with Crippen molar-refractivity contribution in [3.63, 3.8) is 0 Å². The zero-order valence-corrected chi connectivity index (χ0v) is 11.8. The van der Waals surface area contributed by atoms with E-state index in [2.05, 4.69) is 4.74 Å². The molecule has 0 heterocycles. The number of hydrogen-bond acceptors (Lipinski definition) is 3. The first-order chi connectivity index (χ1) is 9.69. The van der Waals surface area contributed by atoms with E-state index in [4.69, 9.17) is 33.0 Å². The number of rotatable bonds is 6. The Bertz CT molecular complexity index is 544. The molecule has 0 aliphatic carbocycles. The van der Waals surface area contributed by atoms with Crippen LogP contribution < -0.4 is 4.74 Å². The highest BCUT2D eigenvalue weighted by molar-refractivity contribution is 6.35. The fraction of sp³-hybridized carbons (Fsp3) is 0.250. The largest absolute Gasteiger partial charge is 0.478 e. The highest BCUT2D eigenvalue weighted by Crippen LogP contribution is 2.33. The van der Waals surface area contributed by atoms with Gasteiger partial charge in [0.25, 0.3) is 0 Å². The number of benzene rings is 1. The second-order valence-electron chi connectivity index (χ2n) is 3.70. The van der Waals surface area contributed by atoms with Gasteiger partial charge in [0.05, 0.1) is 5.02 Å². The van der Waals surface area contributed by atoms with Crippen molar-refractivity contribution in [1.82, 2.24) is 0 Å². The van der Waals surface area contributed by atoms with Crippen LogP contribution in [-0.2, 0) is 9.53 Å². The minimum atomic E-state index is -4.47. The minimum absolute atomic E-state index is 0.0168. The van der Waals surface area contributed by atoms with Gasteiger partial charge in [0, 0.05) is 16.7 Å². The van der Waals surface area contributed by atoms with Gasteiger partial charge in [-0.15, -0.1) is 0 Å². The van der Waals surface area contributed by atoms with Crippen LogP contribution in [0.25, 0.3) is 6.08 Å². The van der Waals surface area contributed by atoms with Crippen molar-refractivity contribution < 1.29 is 32.5 Å². The SMILES string of the molecule is O=C(O)/C=C/c1cc(Cl)cc(Cl)c1OCOCC(F)(F)F. The summed E-state index contributed by atoms with van der Waals surface area (Å²) in [6, 6.07) is 2.66. The first-order valence-electron chi connectivity index (χ1n) is 5.36. The van der Waals surface area contributed by atoms with Crippen LogP contribution in [-0.4, -0.2) is 30.7 Å². The highest BCUT2D eigenvalue weighted by atomic mass is 35.5. The molecule has 116 valence electrons. The zero-order chi connectivity index (χ0) is 16.0. The van der Waals surface area contributed by atoms with E-state index < -0.39 is 25.5 Å². The van der Waals surface area contributed by atoms with Crippen LogP contribution in [0.1, 0.15) is 5.56 Å². The van der Waals surface area contributed by atoms with Gasteiger partial charge in [-0.25, -0.2) is 4.79 Å². The van der Waals surface area contributed by atoms with Crippen LogP contribution in [0.3, 0.4) is 0 Å². The summed E-state index contributed by atoms with van der Waals surface area (Å²) in [6.45, 7) is -2.17. The maximum absolute atomic E-state index is 11.9. The number of carbonyl (C=O) groups is 1. The standard InChI is InChI=1S/C12H9Cl2F3O4/c13-8-3-7(1-2-10(18)19)11(9(14)4-8)21-6-20-5-12(15,16)17/h1-4H,5-6H2,(H,18,19)/b2-1+. The normalized spacial score (nSPS) is 11.9. The van der Waals surface area contributed by atoms with Gasteiger partial charge < -0.3 is 14.6 Å². The van der Waals surface area contributed by atoms with E-state index >= 15 is 0 Å². The van der Waals surface area contributed by atoms with Gasteiger partial charge in [0.15, 0.2) is 6.79 Å². The summed E-state index contributed by atoms with van der Waals surface area (Å²) in [5, 5.41) is 8.80. The second kappa shape index (κ2) is 7.53. The van der Waals surface area contributed by atoms with Crippen LogP contribution >= 0.6 is 23.2 Å². The lowest BCUT2D eigenvalue weighted by Crippen LogP contribution is -2.19. The topological polar surface area (TPSA) is 55.8 Å². The summed E-state index contributed by atoms with van der Waals surface area (Å²) < 4.78 is 45.0. The summed E-state index contributed by atoms with van der Waals surface area (Å²) in [5.74, 6) is -1.24. The third kappa shape index (κ3) is 6.70. The summed E-state index contributed by atoms with van der Waals surface area (Å²) in [5.41, 5.74) is 0.200. The van der Waals surface area contributed by atoms with Crippen molar-refractivity contribution in [3.05, 3.63) is 33.8 Å². The molecule has 0 aliphatic heterocycles. The lowest BCUT2D eigenvalue weighted by molar-refractivity contribution is -0.186. The molecule has 0 radical (unpaired) electrons. The Balaban J connectivity index is 2.82. The molecule has 1 aromatic rings. The molecule has 0 saturated heterocycles. The van der Waals surface area contributed by atoms with E-state index in [1.807, 2.05) is 0 Å². The Morgan fingerprint density at radius 3 is 2.57 bits per heavy atom. The molecule has 1 N–H and O–H groups in total. The van der Waals surface area contributed by atoms with E-state index in [1.165, 1.54) is 12.1 Å². The molecule has 0 unspecified atom stereocenters. The van der Waals surface area contributed by atoms with E-state index in [-0.39, 0.29) is 21.4 Å². The fourth-order valence-corrected chi connectivity index (χ4v) is 1.84. The molecule has 1 rings (SSSR count). The van der Waals surface area contributed by atoms with Gasteiger partial charge in [0.2, 0.25) is 0 Å². The Morgan fingerprint density at radius 1 is 1.33 bits per heavy atom. The van der Waals surface area contributed by atoms with Crippen LogP contribution in [0, 0.1) is 0 Å². The zero-order valence-electron chi connectivity index (χ0n) is 10.3. The van der Waals surface area contributed by atoms with Gasteiger partial charge in [-0.05, 0) is 18.2 Å². The predicted octanol–water partition coefficient (Wildman–Crippen LogP) is 4.01. The van der Waals surface area contributed by atoms with Crippen molar-refractivity contribution in [2.45, 2.75) is 6.18 Å². The molecule has 0 atom stereocenters. The second-order valence-corrected chi connectivity index (χ2v) is 4.55. The van der Waals surface area contributed by atoms with Crippen LogP contribution in [0.5, 0.6) is 5.75 Å². The Kier molecular flexibility index (Phi) is 6.32. The average molecular weight is 345 g/mol. The molecule has 0 saturated carbocycles. The first-order valence-corrected chi connectivity index (χ1v) is 6.12. The van der Waals surface area contributed by atoms with Crippen molar-refractivity contribution in [2.75, 3.05) is 13.4 Å². The number of ether oxygens (including phenoxy) is 2. The smallest absolute Gasteiger partial charge is 0.411 e. The molecule has 0 fully saturated rings. The number of carboxylic acid groups (broad SMARTS) is 1.